The molecule has 0 unspecified atom stereocenters. The first-order valence-electron chi connectivity index (χ1n) is 4.85. The topological polar surface area (TPSA) is 53.6 Å². The molecule has 0 spiro atoms. The van der Waals surface area contributed by atoms with Crippen molar-refractivity contribution in [3.05, 3.63) is 17.0 Å². The minimum Gasteiger partial charge on any atom is -0.367 e. The molecule has 5 heteroatoms. The number of hydrogen-bond acceptors (Lipinski definition) is 3. The average molecular weight is 225 g/mol. The van der Waals surface area contributed by atoms with Crippen molar-refractivity contribution in [2.75, 3.05) is 5.32 Å². The maximum atomic E-state index is 5.83. The van der Waals surface area contributed by atoms with Gasteiger partial charge >= 0.3 is 0 Å². The van der Waals surface area contributed by atoms with E-state index >= 15 is 0 Å². The second kappa shape index (κ2) is 3.70. The van der Waals surface area contributed by atoms with E-state index < -0.39 is 0 Å². The molecule has 0 saturated carbocycles. The van der Waals surface area contributed by atoms with Crippen molar-refractivity contribution in [3.63, 3.8) is 0 Å². The lowest BCUT2D eigenvalue weighted by Crippen LogP contribution is -2.11. The first-order chi connectivity index (χ1) is 7.06. The van der Waals surface area contributed by atoms with Crippen molar-refractivity contribution in [2.24, 2.45) is 0 Å². The Morgan fingerprint density at radius 3 is 2.80 bits per heavy atom. The Kier molecular flexibility index (Phi) is 2.52. The van der Waals surface area contributed by atoms with E-state index in [4.69, 9.17) is 11.6 Å². The monoisotopic (exact) mass is 224 g/mol. The zero-order valence-electron chi connectivity index (χ0n) is 8.93. The molecule has 0 aliphatic heterocycles. The number of halogens is 1. The first kappa shape index (κ1) is 10.2. The van der Waals surface area contributed by atoms with Crippen LogP contribution in [0.2, 0.25) is 5.28 Å². The van der Waals surface area contributed by atoms with Crippen molar-refractivity contribution in [1.29, 1.82) is 0 Å². The lowest BCUT2D eigenvalue weighted by atomic mass is 10.3. The molecule has 2 aromatic rings. The molecule has 15 heavy (non-hydrogen) atoms. The smallest absolute Gasteiger partial charge is 0.226 e. The standard InChI is InChI=1S/C10H13ClN4/c1-5(2)12-8-7-4-6(3)13-9(7)15-10(11)14-8/h4-5H,1-3H3,(H2,12,13,14,15). The van der Waals surface area contributed by atoms with Gasteiger partial charge in [0, 0.05) is 11.7 Å². The summed E-state index contributed by atoms with van der Waals surface area (Å²) < 4.78 is 0. The molecule has 0 aliphatic rings. The molecule has 0 amide bonds. The van der Waals surface area contributed by atoms with Gasteiger partial charge in [-0.2, -0.15) is 4.98 Å². The summed E-state index contributed by atoms with van der Waals surface area (Å²) in [6, 6.07) is 2.32. The fourth-order valence-corrected chi connectivity index (χ4v) is 1.67. The SMILES string of the molecule is Cc1cc2c(NC(C)C)nc(Cl)nc2[nH]1. The van der Waals surface area contributed by atoms with E-state index in [0.29, 0.717) is 6.04 Å². The van der Waals surface area contributed by atoms with E-state index in [1.54, 1.807) is 0 Å². The quantitative estimate of drug-likeness (QED) is 0.772. The highest BCUT2D eigenvalue weighted by Gasteiger charge is 2.09. The molecule has 2 heterocycles. The summed E-state index contributed by atoms with van der Waals surface area (Å²) in [5.74, 6) is 0.782. The molecular formula is C10H13ClN4. The predicted molar refractivity (Wildman–Crippen MR) is 62.4 cm³/mol. The number of hydrogen-bond donors (Lipinski definition) is 2. The normalized spacial score (nSPS) is 11.3. The van der Waals surface area contributed by atoms with Crippen LogP contribution < -0.4 is 5.32 Å². The van der Waals surface area contributed by atoms with Crippen LogP contribution in [-0.2, 0) is 0 Å². The maximum Gasteiger partial charge on any atom is 0.226 e. The van der Waals surface area contributed by atoms with Gasteiger partial charge in [0.15, 0.2) is 0 Å². The predicted octanol–water partition coefficient (Wildman–Crippen LogP) is 2.74. The summed E-state index contributed by atoms with van der Waals surface area (Å²) in [5, 5.41) is 4.48. The zero-order chi connectivity index (χ0) is 11.0. The Morgan fingerprint density at radius 1 is 1.40 bits per heavy atom. The molecule has 0 bridgehead atoms. The number of rotatable bonds is 2. The number of fused-ring (bicyclic) bond motifs is 1. The maximum absolute atomic E-state index is 5.83. The van der Waals surface area contributed by atoms with Crippen molar-refractivity contribution < 1.29 is 0 Å². The Bertz CT molecular complexity index is 489. The van der Waals surface area contributed by atoms with Crippen molar-refractivity contribution in [2.45, 2.75) is 26.8 Å². The van der Waals surface area contributed by atoms with E-state index in [0.717, 1.165) is 22.5 Å². The molecular weight excluding hydrogens is 212 g/mol. The van der Waals surface area contributed by atoms with E-state index in [9.17, 15) is 0 Å². The first-order valence-corrected chi connectivity index (χ1v) is 5.23. The molecule has 4 nitrogen and oxygen atoms in total. The zero-order valence-corrected chi connectivity index (χ0v) is 9.68. The van der Waals surface area contributed by atoms with Crippen LogP contribution in [0.25, 0.3) is 11.0 Å². The van der Waals surface area contributed by atoms with Gasteiger partial charge in [-0.25, -0.2) is 4.98 Å². The Morgan fingerprint density at radius 2 is 2.13 bits per heavy atom. The highest BCUT2D eigenvalue weighted by atomic mass is 35.5. The molecule has 0 aliphatic carbocycles. The van der Waals surface area contributed by atoms with Crippen LogP contribution in [0.4, 0.5) is 5.82 Å². The molecule has 2 N–H and O–H groups in total. The van der Waals surface area contributed by atoms with E-state index in [-0.39, 0.29) is 5.28 Å². The second-order valence-electron chi connectivity index (χ2n) is 3.85. The highest BCUT2D eigenvalue weighted by Crippen LogP contribution is 2.23. The third kappa shape index (κ3) is 2.04. The average Bonchev–Trinajstić information content (AvgIpc) is 2.44. The number of anilines is 1. The van der Waals surface area contributed by atoms with Crippen LogP contribution in [-0.4, -0.2) is 21.0 Å². The van der Waals surface area contributed by atoms with Crippen LogP contribution in [0, 0.1) is 6.92 Å². The molecule has 0 aromatic carbocycles. The van der Waals surface area contributed by atoms with Crippen LogP contribution in [0.3, 0.4) is 0 Å². The fraction of sp³-hybridized carbons (Fsp3) is 0.400. The Balaban J connectivity index is 2.59. The van der Waals surface area contributed by atoms with Gasteiger partial charge in [0.25, 0.3) is 0 Å². The van der Waals surface area contributed by atoms with Gasteiger partial charge in [-0.1, -0.05) is 0 Å². The summed E-state index contributed by atoms with van der Waals surface area (Å²) in [7, 11) is 0. The number of aromatic nitrogens is 3. The second-order valence-corrected chi connectivity index (χ2v) is 4.19. The highest BCUT2D eigenvalue weighted by molar-refractivity contribution is 6.28. The van der Waals surface area contributed by atoms with Crippen LogP contribution in [0.5, 0.6) is 0 Å². The molecule has 0 atom stereocenters. The number of nitrogens with zero attached hydrogens (tertiary/aromatic N) is 2. The van der Waals surface area contributed by atoms with Gasteiger partial charge < -0.3 is 10.3 Å². The van der Waals surface area contributed by atoms with Crippen molar-refractivity contribution in [1.82, 2.24) is 15.0 Å². The summed E-state index contributed by atoms with van der Waals surface area (Å²) in [5.41, 5.74) is 1.82. The van der Waals surface area contributed by atoms with Gasteiger partial charge in [0.2, 0.25) is 5.28 Å². The lowest BCUT2D eigenvalue weighted by molar-refractivity contribution is 0.890. The van der Waals surface area contributed by atoms with Crippen molar-refractivity contribution >= 4 is 28.5 Å². The molecule has 2 rings (SSSR count). The lowest BCUT2D eigenvalue weighted by Gasteiger charge is -2.09. The summed E-state index contributed by atoms with van der Waals surface area (Å²) in [6.45, 7) is 6.09. The number of H-pyrrole nitrogens is 1. The molecule has 0 saturated heterocycles. The van der Waals surface area contributed by atoms with Gasteiger partial charge in [0.05, 0.1) is 5.39 Å². The number of aryl methyl sites for hydroxylation is 1. The third-order valence-electron chi connectivity index (χ3n) is 2.02. The van der Waals surface area contributed by atoms with Crippen LogP contribution >= 0.6 is 11.6 Å². The van der Waals surface area contributed by atoms with Crippen LogP contribution in [0.15, 0.2) is 6.07 Å². The fourth-order valence-electron chi connectivity index (χ4n) is 1.50. The van der Waals surface area contributed by atoms with E-state index in [1.807, 2.05) is 13.0 Å². The molecule has 0 radical (unpaired) electrons. The number of aromatic amines is 1. The van der Waals surface area contributed by atoms with Gasteiger partial charge in [-0.15, -0.1) is 0 Å². The molecule has 80 valence electrons. The van der Waals surface area contributed by atoms with Crippen LogP contribution in [0.1, 0.15) is 19.5 Å². The summed E-state index contributed by atoms with van der Waals surface area (Å²) in [4.78, 5) is 11.4. The molecule has 0 fully saturated rings. The molecule has 2 aromatic heterocycles. The Labute approximate surface area is 93.1 Å². The van der Waals surface area contributed by atoms with E-state index in [1.165, 1.54) is 0 Å². The summed E-state index contributed by atoms with van der Waals surface area (Å²) >= 11 is 5.83. The van der Waals surface area contributed by atoms with E-state index in [2.05, 4.69) is 34.1 Å². The number of nitrogens with one attached hydrogen (secondary N) is 2. The third-order valence-corrected chi connectivity index (χ3v) is 2.19. The largest absolute Gasteiger partial charge is 0.367 e. The Hall–Kier alpha value is -1.29. The van der Waals surface area contributed by atoms with Gasteiger partial charge in [-0.05, 0) is 38.4 Å². The summed E-state index contributed by atoms with van der Waals surface area (Å²) in [6.07, 6.45) is 0. The van der Waals surface area contributed by atoms with Crippen molar-refractivity contribution in [3.8, 4) is 0 Å². The van der Waals surface area contributed by atoms with Gasteiger partial charge in [-0.3, -0.25) is 0 Å². The van der Waals surface area contributed by atoms with Gasteiger partial charge in [0.1, 0.15) is 11.5 Å². The minimum atomic E-state index is 0.257. The minimum absolute atomic E-state index is 0.257.